The van der Waals surface area contributed by atoms with Crippen molar-refractivity contribution in [2.45, 2.75) is 69.2 Å². The maximum absolute atomic E-state index is 9.75. The second-order valence-corrected chi connectivity index (χ2v) is 6.74. The average Bonchev–Trinajstić information content (AvgIpc) is 2.77. The van der Waals surface area contributed by atoms with Gasteiger partial charge in [0.2, 0.25) is 0 Å². The van der Waals surface area contributed by atoms with Crippen LogP contribution in [0, 0.1) is 69.2 Å². The van der Waals surface area contributed by atoms with Crippen molar-refractivity contribution in [1.82, 2.24) is 0 Å². The van der Waals surface area contributed by atoms with Crippen LogP contribution in [-0.2, 0) is 16.8 Å². The van der Waals surface area contributed by atoms with E-state index in [9.17, 15) is 17.3 Å². The van der Waals surface area contributed by atoms with Crippen LogP contribution in [0.25, 0.3) is 0 Å². The van der Waals surface area contributed by atoms with E-state index in [1.54, 1.807) is 0 Å². The molecule has 0 aliphatic carbocycles. The second-order valence-electron chi connectivity index (χ2n) is 6.74. The molecule has 0 aliphatic heterocycles. The van der Waals surface area contributed by atoms with Crippen LogP contribution >= 0.6 is 0 Å². The SMILES string of the molecule is Cc1c(C)c(C)[c-](C)c1C.Cc1c(C)c(C)[c-](C)c1C.F[B-](F)(F)F.[Co+3]. The van der Waals surface area contributed by atoms with Crippen molar-refractivity contribution >= 4 is 7.25 Å². The van der Waals surface area contributed by atoms with Crippen molar-refractivity contribution in [3.63, 3.8) is 0 Å². The quantitative estimate of drug-likeness (QED) is 0.242. The molecular formula is C20H30BCoF4. The molecule has 0 fully saturated rings. The maximum atomic E-state index is 9.75. The number of rotatable bonds is 0. The third-order valence-corrected chi connectivity index (χ3v) is 5.62. The van der Waals surface area contributed by atoms with Gasteiger partial charge in [-0.15, -0.1) is 0 Å². The molecule has 0 nitrogen and oxygen atoms in total. The van der Waals surface area contributed by atoms with Gasteiger partial charge in [-0.25, -0.2) is 0 Å². The van der Waals surface area contributed by atoms with Gasteiger partial charge >= 0.3 is 24.0 Å². The molecule has 6 heteroatoms. The summed E-state index contributed by atoms with van der Waals surface area (Å²) in [5.74, 6) is 0. The van der Waals surface area contributed by atoms with E-state index in [1.165, 1.54) is 55.6 Å². The summed E-state index contributed by atoms with van der Waals surface area (Å²) in [5.41, 5.74) is 14.7. The van der Waals surface area contributed by atoms with Crippen LogP contribution in [0.2, 0.25) is 0 Å². The summed E-state index contributed by atoms with van der Waals surface area (Å²) in [6, 6.07) is 0. The fraction of sp³-hybridized carbons (Fsp3) is 0.500. The molecule has 0 saturated carbocycles. The zero-order valence-electron chi connectivity index (χ0n) is 17.4. The second kappa shape index (κ2) is 10.4. The summed E-state index contributed by atoms with van der Waals surface area (Å²) < 4.78 is 39.0. The first-order valence-corrected chi connectivity index (χ1v) is 8.37. The number of hydrogen-bond acceptors (Lipinski definition) is 0. The molecule has 0 aromatic heterocycles. The molecule has 26 heavy (non-hydrogen) atoms. The van der Waals surface area contributed by atoms with Crippen molar-refractivity contribution in [3.8, 4) is 0 Å². The molecule has 0 saturated heterocycles. The number of halogens is 4. The third kappa shape index (κ3) is 7.31. The van der Waals surface area contributed by atoms with Crippen LogP contribution in [0.4, 0.5) is 17.3 Å². The van der Waals surface area contributed by atoms with Crippen LogP contribution in [0.15, 0.2) is 0 Å². The van der Waals surface area contributed by atoms with Crippen LogP contribution in [0.1, 0.15) is 55.6 Å². The van der Waals surface area contributed by atoms with Gasteiger partial charge < -0.3 is 17.3 Å². The van der Waals surface area contributed by atoms with E-state index in [2.05, 4.69) is 69.2 Å². The summed E-state index contributed by atoms with van der Waals surface area (Å²) in [6.07, 6.45) is 0. The Labute approximate surface area is 166 Å². The van der Waals surface area contributed by atoms with Crippen molar-refractivity contribution in [3.05, 3.63) is 55.6 Å². The van der Waals surface area contributed by atoms with Crippen LogP contribution < -0.4 is 0 Å². The Morgan fingerprint density at radius 1 is 0.500 bits per heavy atom. The first kappa shape index (κ1) is 27.2. The molecule has 2 rings (SSSR count). The first-order chi connectivity index (χ1) is 11.1. The molecule has 0 heterocycles. The molecule has 0 atom stereocenters. The minimum Gasteiger partial charge on any atom is -0.418 e. The van der Waals surface area contributed by atoms with E-state index in [4.69, 9.17) is 0 Å². The molecular weight excluding hydrogens is 386 g/mol. The minimum absolute atomic E-state index is 0. The summed E-state index contributed by atoms with van der Waals surface area (Å²) in [6.45, 7) is 22.0. The summed E-state index contributed by atoms with van der Waals surface area (Å²) in [5, 5.41) is 0. The van der Waals surface area contributed by atoms with E-state index in [-0.39, 0.29) is 16.8 Å². The molecule has 0 radical (unpaired) electrons. The van der Waals surface area contributed by atoms with Gasteiger partial charge in [-0.05, 0) is 0 Å². The summed E-state index contributed by atoms with van der Waals surface area (Å²) in [4.78, 5) is 0. The molecule has 2 aromatic rings. The number of hydrogen-bond donors (Lipinski definition) is 0. The molecule has 150 valence electrons. The Bertz CT molecular complexity index is 499. The van der Waals surface area contributed by atoms with E-state index < -0.39 is 7.25 Å². The summed E-state index contributed by atoms with van der Waals surface area (Å²) >= 11 is 0. The zero-order chi connectivity index (χ0) is 20.3. The van der Waals surface area contributed by atoms with Gasteiger partial charge in [0.1, 0.15) is 0 Å². The van der Waals surface area contributed by atoms with Crippen molar-refractivity contribution < 1.29 is 34.0 Å². The van der Waals surface area contributed by atoms with Crippen LogP contribution in [0.5, 0.6) is 0 Å². The molecule has 0 spiro atoms. The molecule has 0 N–H and O–H groups in total. The maximum Gasteiger partial charge on any atom is 3.00 e. The van der Waals surface area contributed by atoms with Gasteiger partial charge in [-0.3, -0.25) is 0 Å². The van der Waals surface area contributed by atoms with E-state index >= 15 is 0 Å². The molecule has 0 unspecified atom stereocenters. The predicted molar refractivity (Wildman–Crippen MR) is 102 cm³/mol. The Morgan fingerprint density at radius 3 is 0.654 bits per heavy atom. The van der Waals surface area contributed by atoms with Crippen molar-refractivity contribution in [2.75, 3.05) is 0 Å². The largest absolute Gasteiger partial charge is 3.00 e. The monoisotopic (exact) mass is 416 g/mol. The standard InChI is InChI=1S/2C10H15.BF4.Co/c2*1-6-7(2)9(4)10(5)8(6)3;2-1(3,4)5;/h2*1-5H3;;/q3*-1;+3. The van der Waals surface area contributed by atoms with E-state index in [0.717, 1.165) is 0 Å². The average molecular weight is 416 g/mol. The smallest absolute Gasteiger partial charge is 0.418 e. The summed E-state index contributed by atoms with van der Waals surface area (Å²) in [7, 11) is -6.00. The van der Waals surface area contributed by atoms with E-state index in [0.29, 0.717) is 0 Å². The van der Waals surface area contributed by atoms with Gasteiger partial charge in [0, 0.05) is 0 Å². The Balaban J connectivity index is 0. The van der Waals surface area contributed by atoms with Gasteiger partial charge in [0.25, 0.3) is 0 Å². The molecule has 2 aromatic carbocycles. The van der Waals surface area contributed by atoms with Crippen molar-refractivity contribution in [1.29, 1.82) is 0 Å². The molecule has 0 amide bonds. The fourth-order valence-corrected chi connectivity index (χ4v) is 2.81. The van der Waals surface area contributed by atoms with Crippen LogP contribution in [-0.4, -0.2) is 7.25 Å². The zero-order valence-corrected chi connectivity index (χ0v) is 18.5. The predicted octanol–water partition coefficient (Wildman–Crippen LogP) is 7.19. The van der Waals surface area contributed by atoms with Gasteiger partial charge in [-0.2, -0.15) is 55.6 Å². The first-order valence-electron chi connectivity index (χ1n) is 8.37. The third-order valence-electron chi connectivity index (χ3n) is 5.62. The van der Waals surface area contributed by atoms with Gasteiger partial charge in [-0.1, -0.05) is 69.2 Å². The van der Waals surface area contributed by atoms with Crippen molar-refractivity contribution in [2.24, 2.45) is 0 Å². The Kier molecular flexibility index (Phi) is 10.8. The fourth-order valence-electron chi connectivity index (χ4n) is 2.81. The van der Waals surface area contributed by atoms with Gasteiger partial charge in [0.05, 0.1) is 0 Å². The van der Waals surface area contributed by atoms with E-state index in [1.807, 2.05) is 0 Å². The Morgan fingerprint density at radius 2 is 0.615 bits per heavy atom. The molecule has 0 aliphatic rings. The topological polar surface area (TPSA) is 0 Å². The minimum atomic E-state index is -6.00. The molecule has 0 bridgehead atoms. The normalized spacial score (nSPS) is 10.4. The Hall–Kier alpha value is -1.01. The van der Waals surface area contributed by atoms with Crippen LogP contribution in [0.3, 0.4) is 0 Å². The van der Waals surface area contributed by atoms with Gasteiger partial charge in [0.15, 0.2) is 0 Å².